The quantitative estimate of drug-likeness (QED) is 0.472. The largest absolute Gasteiger partial charge is 0.246 e. The van der Waals surface area contributed by atoms with Crippen LogP contribution in [0.3, 0.4) is 0 Å². The zero-order valence-corrected chi connectivity index (χ0v) is 11.0. The standard InChI is InChI=1S/C8H6BrF4NO2S/c1-14(2)17(15,16)8-3(9)4(10)5(11)6(12)7(8)13/h1-2H3. The van der Waals surface area contributed by atoms with Crippen LogP contribution in [0.1, 0.15) is 0 Å². The first-order chi connectivity index (χ1) is 7.62. The van der Waals surface area contributed by atoms with E-state index in [0.717, 1.165) is 14.1 Å². The van der Waals surface area contributed by atoms with Gasteiger partial charge in [0.1, 0.15) is 4.90 Å². The van der Waals surface area contributed by atoms with Crippen molar-refractivity contribution in [3.63, 3.8) is 0 Å². The van der Waals surface area contributed by atoms with Gasteiger partial charge in [0.05, 0.1) is 4.47 Å². The topological polar surface area (TPSA) is 37.4 Å². The highest BCUT2D eigenvalue weighted by Gasteiger charge is 2.33. The summed E-state index contributed by atoms with van der Waals surface area (Å²) in [4.78, 5) is -1.28. The summed E-state index contributed by atoms with van der Waals surface area (Å²) in [5.74, 6) is -8.02. The number of sulfonamides is 1. The Bertz CT molecular complexity index is 544. The Morgan fingerprint density at radius 3 is 1.76 bits per heavy atom. The molecule has 0 aliphatic carbocycles. The van der Waals surface area contributed by atoms with Gasteiger partial charge in [-0.25, -0.2) is 30.3 Å². The molecule has 0 aromatic heterocycles. The second-order valence-corrected chi connectivity index (χ2v) is 6.07. The van der Waals surface area contributed by atoms with E-state index in [2.05, 4.69) is 15.9 Å². The highest BCUT2D eigenvalue weighted by Crippen LogP contribution is 2.32. The smallest absolute Gasteiger partial charge is 0.207 e. The lowest BCUT2D eigenvalue weighted by atomic mass is 10.3. The Kier molecular flexibility index (Phi) is 3.84. The average molecular weight is 336 g/mol. The predicted octanol–water partition coefficient (Wildman–Crippen LogP) is 2.26. The molecule has 0 bridgehead atoms. The minimum atomic E-state index is -4.44. The summed E-state index contributed by atoms with van der Waals surface area (Å²) in [6.07, 6.45) is 0. The summed E-state index contributed by atoms with van der Waals surface area (Å²) in [6.45, 7) is 0. The Labute approximate surface area is 103 Å². The monoisotopic (exact) mass is 335 g/mol. The lowest BCUT2D eigenvalue weighted by Crippen LogP contribution is -2.25. The maximum Gasteiger partial charge on any atom is 0.246 e. The predicted molar refractivity (Wildman–Crippen MR) is 54.8 cm³/mol. The van der Waals surface area contributed by atoms with Gasteiger partial charge in [0.15, 0.2) is 23.3 Å². The molecule has 9 heteroatoms. The first-order valence-corrected chi connectivity index (χ1v) is 6.29. The van der Waals surface area contributed by atoms with Gasteiger partial charge in [-0.2, -0.15) is 0 Å². The highest BCUT2D eigenvalue weighted by molar-refractivity contribution is 9.10. The molecule has 1 aromatic rings. The number of halogens is 5. The van der Waals surface area contributed by atoms with Crippen LogP contribution < -0.4 is 0 Å². The van der Waals surface area contributed by atoms with Crippen molar-refractivity contribution in [3.05, 3.63) is 27.7 Å². The molecule has 0 heterocycles. The van der Waals surface area contributed by atoms with E-state index in [4.69, 9.17) is 0 Å². The zero-order valence-electron chi connectivity index (χ0n) is 8.56. The van der Waals surface area contributed by atoms with Crippen LogP contribution in [0.15, 0.2) is 9.37 Å². The lowest BCUT2D eigenvalue weighted by molar-refractivity contribution is 0.390. The Morgan fingerprint density at radius 2 is 1.35 bits per heavy atom. The third-order valence-electron chi connectivity index (χ3n) is 1.91. The number of hydrogen-bond donors (Lipinski definition) is 0. The van der Waals surface area contributed by atoms with Crippen molar-refractivity contribution in [1.29, 1.82) is 0 Å². The molecule has 0 N–H and O–H groups in total. The number of benzene rings is 1. The van der Waals surface area contributed by atoms with Crippen molar-refractivity contribution >= 4 is 26.0 Å². The summed E-state index contributed by atoms with van der Waals surface area (Å²) >= 11 is 2.39. The lowest BCUT2D eigenvalue weighted by Gasteiger charge is -2.14. The first kappa shape index (κ1) is 14.4. The van der Waals surface area contributed by atoms with Crippen molar-refractivity contribution < 1.29 is 26.0 Å². The fourth-order valence-corrected chi connectivity index (χ4v) is 2.95. The van der Waals surface area contributed by atoms with E-state index >= 15 is 0 Å². The van der Waals surface area contributed by atoms with E-state index in [1.165, 1.54) is 0 Å². The van der Waals surface area contributed by atoms with Crippen LogP contribution in [0, 0.1) is 23.3 Å². The fraction of sp³-hybridized carbons (Fsp3) is 0.250. The maximum absolute atomic E-state index is 13.3. The zero-order chi connectivity index (χ0) is 13.5. The Balaban J connectivity index is 3.80. The molecule has 0 unspecified atom stereocenters. The van der Waals surface area contributed by atoms with Crippen LogP contribution in [-0.4, -0.2) is 26.8 Å². The summed E-state index contributed by atoms with van der Waals surface area (Å²) in [6, 6.07) is 0. The van der Waals surface area contributed by atoms with Gasteiger partial charge in [-0.1, -0.05) is 0 Å². The van der Waals surface area contributed by atoms with E-state index in [1.54, 1.807) is 0 Å². The first-order valence-electron chi connectivity index (χ1n) is 4.06. The van der Waals surface area contributed by atoms with Crippen molar-refractivity contribution in [2.45, 2.75) is 4.90 Å². The SMILES string of the molecule is CN(C)S(=O)(=O)c1c(F)c(F)c(F)c(F)c1Br. The molecule has 0 saturated carbocycles. The van der Waals surface area contributed by atoms with Gasteiger partial charge in [0.2, 0.25) is 10.0 Å². The van der Waals surface area contributed by atoms with Gasteiger partial charge < -0.3 is 0 Å². The molecule has 0 saturated heterocycles. The normalized spacial score (nSPS) is 12.2. The molecular formula is C8H6BrF4NO2S. The van der Waals surface area contributed by atoms with Crippen LogP contribution >= 0.6 is 15.9 Å². The third-order valence-corrected chi connectivity index (χ3v) is 4.78. The van der Waals surface area contributed by atoms with Crippen molar-refractivity contribution in [1.82, 2.24) is 4.31 Å². The van der Waals surface area contributed by atoms with Gasteiger partial charge in [-0.3, -0.25) is 0 Å². The third kappa shape index (κ3) is 2.18. The highest BCUT2D eigenvalue weighted by atomic mass is 79.9. The minimum Gasteiger partial charge on any atom is -0.207 e. The molecule has 1 rings (SSSR count). The van der Waals surface area contributed by atoms with Gasteiger partial charge in [0.25, 0.3) is 0 Å². The summed E-state index contributed by atoms with van der Waals surface area (Å²) in [5, 5.41) is 0. The van der Waals surface area contributed by atoms with E-state index in [0.29, 0.717) is 4.31 Å². The van der Waals surface area contributed by atoms with Gasteiger partial charge in [-0.05, 0) is 15.9 Å². The van der Waals surface area contributed by atoms with Crippen molar-refractivity contribution in [3.8, 4) is 0 Å². The van der Waals surface area contributed by atoms with Crippen LogP contribution in [0.4, 0.5) is 17.6 Å². The molecule has 3 nitrogen and oxygen atoms in total. The molecule has 0 radical (unpaired) electrons. The molecule has 0 aliphatic rings. The second-order valence-electron chi connectivity index (χ2n) is 3.19. The second kappa shape index (κ2) is 4.54. The van der Waals surface area contributed by atoms with E-state index in [-0.39, 0.29) is 0 Å². The minimum absolute atomic E-state index is 0.549. The number of nitrogens with zero attached hydrogens (tertiary/aromatic N) is 1. The molecular weight excluding hydrogens is 330 g/mol. The summed E-state index contributed by atoms with van der Waals surface area (Å²) in [7, 11) is -2.35. The summed E-state index contributed by atoms with van der Waals surface area (Å²) in [5.41, 5.74) is 0. The average Bonchev–Trinajstić information content (AvgIpc) is 2.23. The molecule has 0 amide bonds. The molecule has 96 valence electrons. The fourth-order valence-electron chi connectivity index (χ4n) is 0.994. The van der Waals surface area contributed by atoms with Crippen LogP contribution in [0.25, 0.3) is 0 Å². The number of rotatable bonds is 2. The van der Waals surface area contributed by atoms with Crippen molar-refractivity contribution in [2.75, 3.05) is 14.1 Å². The Hall–Kier alpha value is -0.670. The molecule has 17 heavy (non-hydrogen) atoms. The maximum atomic E-state index is 13.3. The summed E-state index contributed by atoms with van der Waals surface area (Å²) < 4.78 is 74.9. The van der Waals surface area contributed by atoms with Gasteiger partial charge in [0, 0.05) is 14.1 Å². The molecule has 0 atom stereocenters. The van der Waals surface area contributed by atoms with Gasteiger partial charge >= 0.3 is 0 Å². The van der Waals surface area contributed by atoms with E-state index < -0.39 is 42.7 Å². The van der Waals surface area contributed by atoms with Crippen LogP contribution in [0.5, 0.6) is 0 Å². The molecule has 0 fully saturated rings. The molecule has 0 spiro atoms. The number of hydrogen-bond acceptors (Lipinski definition) is 2. The molecule has 1 aromatic carbocycles. The Morgan fingerprint density at radius 1 is 0.941 bits per heavy atom. The van der Waals surface area contributed by atoms with Crippen LogP contribution in [0.2, 0.25) is 0 Å². The van der Waals surface area contributed by atoms with E-state index in [9.17, 15) is 26.0 Å². The van der Waals surface area contributed by atoms with Crippen molar-refractivity contribution in [2.24, 2.45) is 0 Å². The van der Waals surface area contributed by atoms with Gasteiger partial charge in [-0.15, -0.1) is 0 Å². The molecule has 0 aliphatic heterocycles. The van der Waals surface area contributed by atoms with E-state index in [1.807, 2.05) is 0 Å². The van der Waals surface area contributed by atoms with Crippen LogP contribution in [-0.2, 0) is 10.0 Å².